The number of allylic oxidation sites excluding steroid dienone is 1. The van der Waals surface area contributed by atoms with Crippen LogP contribution in [0.15, 0.2) is 30.5 Å². The summed E-state index contributed by atoms with van der Waals surface area (Å²) in [6, 6.07) is 10.4. The van der Waals surface area contributed by atoms with E-state index in [4.69, 9.17) is 25.0 Å². The summed E-state index contributed by atoms with van der Waals surface area (Å²) in [5, 5.41) is 26.1. The minimum Gasteiger partial charge on any atom is -0.436 e. The van der Waals surface area contributed by atoms with Gasteiger partial charge in [-0.1, -0.05) is 0 Å². The van der Waals surface area contributed by atoms with E-state index >= 15 is 0 Å². The fourth-order valence-corrected chi connectivity index (χ4v) is 5.90. The molecule has 0 amide bonds. The molecule has 1 aromatic carbocycles. The highest BCUT2D eigenvalue weighted by atomic mass is 16.5. The molecule has 2 bridgehead atoms. The lowest BCUT2D eigenvalue weighted by Gasteiger charge is -2.66. The molecular weight excluding hydrogens is 478 g/mol. The number of hydrogen-bond donors (Lipinski definition) is 1. The molecule has 3 heterocycles. The van der Waals surface area contributed by atoms with E-state index in [1.54, 1.807) is 12.3 Å². The highest BCUT2D eigenvalue weighted by Gasteiger charge is 2.69. The largest absolute Gasteiger partial charge is 0.436 e. The first-order chi connectivity index (χ1) is 18.2. The van der Waals surface area contributed by atoms with Gasteiger partial charge in [0.25, 0.3) is 5.88 Å². The van der Waals surface area contributed by atoms with Gasteiger partial charge in [-0.3, -0.25) is 4.68 Å². The van der Waals surface area contributed by atoms with Crippen LogP contribution in [0.1, 0.15) is 47.5 Å². The molecule has 10 heteroatoms. The summed E-state index contributed by atoms with van der Waals surface area (Å²) in [6.07, 6.45) is 7.42. The van der Waals surface area contributed by atoms with E-state index in [1.165, 1.54) is 6.08 Å². The van der Waals surface area contributed by atoms with E-state index in [0.717, 1.165) is 47.5 Å². The maximum absolute atomic E-state index is 9.42. The standard InChI is InChI=1S/C28H27N9O/c1-17-10-20(6-5-8-29)11-18(2)23(17)38-25-22-24(32-19(3)37(22)12-21-7-9-31-36(21)4)33-26(34-25)35-28-13-27(14-28,15-28)16-30/h5-7,9-11H,12-15H2,1-4H3,(H,33,34,35)/b6-5+. The molecule has 10 nitrogen and oxygen atoms in total. The number of nitrogens with one attached hydrogen (secondary N) is 1. The smallest absolute Gasteiger partial charge is 0.250 e. The van der Waals surface area contributed by atoms with Crippen LogP contribution in [0, 0.1) is 48.8 Å². The van der Waals surface area contributed by atoms with Crippen LogP contribution in [0.5, 0.6) is 11.6 Å². The Bertz CT molecular complexity index is 1670. The molecule has 0 unspecified atom stereocenters. The average molecular weight is 506 g/mol. The summed E-state index contributed by atoms with van der Waals surface area (Å²) in [5.41, 5.74) is 4.72. The quantitative estimate of drug-likeness (QED) is 0.357. The van der Waals surface area contributed by atoms with E-state index in [0.29, 0.717) is 35.3 Å². The Kier molecular flexibility index (Phi) is 5.25. The Balaban J connectivity index is 1.43. The number of rotatable bonds is 7. The summed E-state index contributed by atoms with van der Waals surface area (Å²) >= 11 is 0. The first kappa shape index (κ1) is 23.7. The number of imidazole rings is 1. The van der Waals surface area contributed by atoms with Gasteiger partial charge in [0.15, 0.2) is 11.2 Å². The lowest BCUT2D eigenvalue weighted by Crippen LogP contribution is -2.70. The molecule has 3 aliphatic rings. The fraction of sp³-hybridized carbons (Fsp3) is 0.357. The Morgan fingerprint density at radius 2 is 1.84 bits per heavy atom. The van der Waals surface area contributed by atoms with Gasteiger partial charge in [-0.05, 0) is 81.0 Å². The minimum atomic E-state index is -0.187. The molecule has 0 radical (unpaired) electrons. The highest BCUT2D eigenvalue weighted by Crippen LogP contribution is 2.67. The molecule has 0 saturated heterocycles. The van der Waals surface area contributed by atoms with Crippen LogP contribution < -0.4 is 10.1 Å². The van der Waals surface area contributed by atoms with Crippen molar-refractivity contribution in [2.75, 3.05) is 5.32 Å². The van der Waals surface area contributed by atoms with Crippen LogP contribution in [0.25, 0.3) is 17.2 Å². The van der Waals surface area contributed by atoms with E-state index in [1.807, 2.05) is 61.3 Å². The number of benzene rings is 1. The molecule has 4 aromatic rings. The molecule has 38 heavy (non-hydrogen) atoms. The number of aromatic nitrogens is 6. The van der Waals surface area contributed by atoms with Crippen molar-refractivity contribution in [2.45, 2.75) is 52.1 Å². The van der Waals surface area contributed by atoms with Crippen molar-refractivity contribution < 1.29 is 4.74 Å². The third kappa shape index (κ3) is 3.77. The van der Waals surface area contributed by atoms with Gasteiger partial charge in [0, 0.05) is 24.9 Å². The predicted molar refractivity (Wildman–Crippen MR) is 141 cm³/mol. The fourth-order valence-electron chi connectivity index (χ4n) is 5.90. The number of anilines is 1. The van der Waals surface area contributed by atoms with Gasteiger partial charge in [-0.15, -0.1) is 0 Å². The summed E-state index contributed by atoms with van der Waals surface area (Å²) in [4.78, 5) is 14.4. The number of fused-ring (bicyclic) bond motifs is 1. The maximum atomic E-state index is 9.42. The van der Waals surface area contributed by atoms with Gasteiger partial charge in [-0.25, -0.2) is 4.98 Å². The predicted octanol–water partition coefficient (Wildman–Crippen LogP) is 4.72. The van der Waals surface area contributed by atoms with Crippen molar-refractivity contribution in [3.05, 3.63) is 58.7 Å². The van der Waals surface area contributed by atoms with Crippen molar-refractivity contribution in [1.29, 1.82) is 10.5 Å². The number of hydrogen-bond acceptors (Lipinski definition) is 8. The van der Waals surface area contributed by atoms with E-state index in [2.05, 4.69) is 16.5 Å². The number of nitriles is 2. The first-order valence-corrected chi connectivity index (χ1v) is 12.5. The zero-order valence-electron chi connectivity index (χ0n) is 21.8. The molecule has 0 aliphatic heterocycles. The van der Waals surface area contributed by atoms with Crippen LogP contribution in [-0.2, 0) is 13.6 Å². The molecule has 3 saturated carbocycles. The Morgan fingerprint density at radius 1 is 1.11 bits per heavy atom. The van der Waals surface area contributed by atoms with Crippen molar-refractivity contribution in [1.82, 2.24) is 29.3 Å². The second-order valence-electron chi connectivity index (χ2n) is 10.6. The highest BCUT2D eigenvalue weighted by molar-refractivity contribution is 5.79. The third-order valence-electron chi connectivity index (χ3n) is 7.68. The van der Waals surface area contributed by atoms with Crippen molar-refractivity contribution in [2.24, 2.45) is 12.5 Å². The maximum Gasteiger partial charge on any atom is 0.250 e. The van der Waals surface area contributed by atoms with Crippen molar-refractivity contribution in [3.8, 4) is 23.8 Å². The van der Waals surface area contributed by atoms with E-state index in [9.17, 15) is 5.26 Å². The monoisotopic (exact) mass is 505 g/mol. The Labute approximate surface area is 220 Å². The Morgan fingerprint density at radius 3 is 2.47 bits per heavy atom. The van der Waals surface area contributed by atoms with Gasteiger partial charge >= 0.3 is 0 Å². The van der Waals surface area contributed by atoms with E-state index in [-0.39, 0.29) is 11.0 Å². The van der Waals surface area contributed by atoms with Crippen LogP contribution >= 0.6 is 0 Å². The topological polar surface area (TPSA) is 130 Å². The van der Waals surface area contributed by atoms with Gasteiger partial charge < -0.3 is 14.6 Å². The van der Waals surface area contributed by atoms with Gasteiger partial charge in [0.05, 0.1) is 29.8 Å². The molecule has 0 spiro atoms. The van der Waals surface area contributed by atoms with Crippen LogP contribution in [-0.4, -0.2) is 34.8 Å². The molecule has 3 aliphatic carbocycles. The molecule has 0 atom stereocenters. The molecule has 190 valence electrons. The Hall–Kier alpha value is -4.70. The molecule has 1 N–H and O–H groups in total. The van der Waals surface area contributed by atoms with Crippen LogP contribution in [0.4, 0.5) is 5.95 Å². The summed E-state index contributed by atoms with van der Waals surface area (Å²) in [5.74, 6) is 2.35. The molecule has 3 aromatic heterocycles. The minimum absolute atomic E-state index is 0.131. The van der Waals surface area contributed by atoms with Gasteiger partial charge in [0.1, 0.15) is 11.6 Å². The molecule has 3 fully saturated rings. The lowest BCUT2D eigenvalue weighted by atomic mass is 9.40. The molecular formula is C28H27N9O. The zero-order valence-corrected chi connectivity index (χ0v) is 21.8. The normalized spacial score (nSPS) is 21.5. The SMILES string of the molecule is Cc1cc(/C=C/C#N)cc(C)c1Oc1nc(NC23CC(C#N)(C2)C3)nc2nc(C)n(Cc3ccnn3C)c12. The molecule has 7 rings (SSSR count). The first-order valence-electron chi connectivity index (χ1n) is 12.5. The van der Waals surface area contributed by atoms with Crippen LogP contribution in [0.2, 0.25) is 0 Å². The number of nitrogens with zero attached hydrogens (tertiary/aromatic N) is 8. The van der Waals surface area contributed by atoms with Gasteiger partial charge in [-0.2, -0.15) is 25.6 Å². The number of aryl methyl sites for hydroxylation is 4. The number of ether oxygens (including phenoxy) is 1. The summed E-state index contributed by atoms with van der Waals surface area (Å²) in [6.45, 7) is 6.44. The third-order valence-corrected chi connectivity index (χ3v) is 7.68. The van der Waals surface area contributed by atoms with Crippen molar-refractivity contribution in [3.63, 3.8) is 0 Å². The summed E-state index contributed by atoms with van der Waals surface area (Å²) < 4.78 is 10.4. The van der Waals surface area contributed by atoms with Crippen LogP contribution in [0.3, 0.4) is 0 Å². The second-order valence-corrected chi connectivity index (χ2v) is 10.6. The average Bonchev–Trinajstić information content (AvgIpc) is 3.38. The van der Waals surface area contributed by atoms with Gasteiger partial charge in [0.2, 0.25) is 5.95 Å². The van der Waals surface area contributed by atoms with E-state index < -0.39 is 0 Å². The summed E-state index contributed by atoms with van der Waals surface area (Å²) in [7, 11) is 1.91. The zero-order chi connectivity index (χ0) is 26.7. The van der Waals surface area contributed by atoms with Crippen molar-refractivity contribution >= 4 is 23.2 Å². The second kappa shape index (κ2) is 8.42. The lowest BCUT2D eigenvalue weighted by molar-refractivity contribution is -0.0665.